The molecule has 0 aromatic heterocycles. The van der Waals surface area contributed by atoms with Crippen LogP contribution in [0.3, 0.4) is 0 Å². The molecule has 0 radical (unpaired) electrons. The van der Waals surface area contributed by atoms with Gasteiger partial charge in [0.1, 0.15) is 5.78 Å². The standard InChI is InChI=1S/C14H21NO.ClH/c1-11(16)8-9-12-6-4-5-7-13(12)10-14(2,3)15;/h4-7H,8-10,15H2,1-3H3;1H. The topological polar surface area (TPSA) is 44.7 Å². The van der Waals surface area contributed by atoms with Crippen LogP contribution in [0.4, 0.5) is 0 Å². The van der Waals surface area contributed by atoms with Gasteiger partial charge in [-0.25, -0.2) is 0 Å². The zero-order valence-corrected chi connectivity index (χ0v) is 11.7. The number of Topliss-reactive ketones (excluding diaryl/α,β-unsaturated/α-hetero) is 1. The Morgan fingerprint density at radius 2 is 1.76 bits per heavy atom. The maximum Gasteiger partial charge on any atom is 0.130 e. The minimum absolute atomic E-state index is 0. The van der Waals surface area contributed by atoms with E-state index in [1.807, 2.05) is 6.07 Å². The second kappa shape index (κ2) is 6.77. The Hall–Kier alpha value is -0.860. The normalized spacial score (nSPS) is 10.8. The average Bonchev–Trinajstić information content (AvgIpc) is 2.14. The number of hydrogen-bond acceptors (Lipinski definition) is 1. The summed E-state index contributed by atoms with van der Waals surface area (Å²) in [5.74, 6) is 0.253. The van der Waals surface area contributed by atoms with Crippen molar-refractivity contribution < 1.29 is 22.9 Å². The molecule has 1 rings (SSSR count). The quantitative estimate of drug-likeness (QED) is 0.704. The molecule has 0 aliphatic rings. The molecule has 0 saturated carbocycles. The highest BCUT2D eigenvalue weighted by Crippen LogP contribution is 2.15. The molecule has 0 spiro atoms. The van der Waals surface area contributed by atoms with E-state index in [0.29, 0.717) is 6.42 Å². The van der Waals surface area contributed by atoms with Crippen LogP contribution in [0.1, 0.15) is 38.3 Å². The van der Waals surface area contributed by atoms with Gasteiger partial charge in [-0.05, 0) is 38.3 Å². The SMILES string of the molecule is CC(=O)CCc1ccccc1CC(C)(C)[NH3+].[Cl-]. The lowest BCUT2D eigenvalue weighted by Gasteiger charge is -2.17. The Kier molecular flexibility index (Phi) is 6.43. The number of aryl methyl sites for hydroxylation is 1. The number of carbonyl (C=O) groups excluding carboxylic acids is 1. The predicted molar refractivity (Wildman–Crippen MR) is 66.1 cm³/mol. The van der Waals surface area contributed by atoms with Crippen molar-refractivity contribution >= 4 is 5.78 Å². The molecule has 0 saturated heterocycles. The van der Waals surface area contributed by atoms with Crippen LogP contribution in [-0.4, -0.2) is 11.3 Å². The van der Waals surface area contributed by atoms with Gasteiger partial charge < -0.3 is 22.9 Å². The Morgan fingerprint density at radius 1 is 1.24 bits per heavy atom. The first-order valence-electron chi connectivity index (χ1n) is 5.80. The first-order valence-corrected chi connectivity index (χ1v) is 5.80. The van der Waals surface area contributed by atoms with Crippen LogP contribution in [-0.2, 0) is 17.6 Å². The zero-order valence-electron chi connectivity index (χ0n) is 10.9. The summed E-state index contributed by atoms with van der Waals surface area (Å²) in [5, 5.41) is 0. The van der Waals surface area contributed by atoms with Crippen molar-refractivity contribution in [2.75, 3.05) is 0 Å². The molecule has 1 aromatic rings. The van der Waals surface area contributed by atoms with Crippen molar-refractivity contribution in [2.45, 2.75) is 45.6 Å². The van der Waals surface area contributed by atoms with E-state index in [4.69, 9.17) is 0 Å². The summed E-state index contributed by atoms with van der Waals surface area (Å²) in [5.41, 5.74) is 6.79. The number of ketones is 1. The average molecular weight is 256 g/mol. The molecule has 3 heteroatoms. The molecular formula is C14H22ClNO. The van der Waals surface area contributed by atoms with Gasteiger partial charge in [0, 0.05) is 12.8 Å². The Morgan fingerprint density at radius 3 is 2.24 bits per heavy atom. The molecule has 0 fully saturated rings. The van der Waals surface area contributed by atoms with Gasteiger partial charge >= 0.3 is 0 Å². The number of hydrogen-bond donors (Lipinski definition) is 1. The van der Waals surface area contributed by atoms with E-state index in [1.54, 1.807) is 6.92 Å². The first kappa shape index (κ1) is 16.1. The lowest BCUT2D eigenvalue weighted by atomic mass is 9.91. The molecule has 0 aliphatic heterocycles. The van der Waals surface area contributed by atoms with Gasteiger partial charge in [-0.2, -0.15) is 0 Å². The summed E-state index contributed by atoms with van der Waals surface area (Å²) >= 11 is 0. The highest BCUT2D eigenvalue weighted by atomic mass is 35.5. The number of quaternary nitrogens is 1. The molecule has 0 unspecified atom stereocenters. The third-order valence-corrected chi connectivity index (χ3v) is 2.53. The van der Waals surface area contributed by atoms with Crippen molar-refractivity contribution in [1.82, 2.24) is 0 Å². The van der Waals surface area contributed by atoms with Crippen LogP contribution in [0.2, 0.25) is 0 Å². The second-order valence-electron chi connectivity index (χ2n) is 5.31. The van der Waals surface area contributed by atoms with Crippen LogP contribution in [0, 0.1) is 0 Å². The van der Waals surface area contributed by atoms with E-state index in [1.165, 1.54) is 11.1 Å². The zero-order chi connectivity index (χ0) is 12.2. The van der Waals surface area contributed by atoms with Gasteiger partial charge in [0.05, 0.1) is 5.54 Å². The number of rotatable bonds is 5. The fourth-order valence-corrected chi connectivity index (χ4v) is 1.80. The summed E-state index contributed by atoms with van der Waals surface area (Å²) in [4.78, 5) is 11.0. The van der Waals surface area contributed by atoms with Crippen LogP contribution < -0.4 is 18.1 Å². The fraction of sp³-hybridized carbons (Fsp3) is 0.500. The Balaban J connectivity index is 0.00000256. The Bertz CT molecular complexity index is 369. The van der Waals surface area contributed by atoms with E-state index in [9.17, 15) is 4.79 Å². The smallest absolute Gasteiger partial charge is 0.130 e. The third kappa shape index (κ3) is 6.44. The molecule has 0 amide bonds. The third-order valence-electron chi connectivity index (χ3n) is 2.53. The molecule has 96 valence electrons. The fourth-order valence-electron chi connectivity index (χ4n) is 1.80. The summed E-state index contributed by atoms with van der Waals surface area (Å²) in [6.45, 7) is 5.91. The number of carbonyl (C=O) groups is 1. The van der Waals surface area contributed by atoms with Crippen LogP contribution >= 0.6 is 0 Å². The lowest BCUT2D eigenvalue weighted by Crippen LogP contribution is -3.00. The minimum atomic E-state index is 0. The summed E-state index contributed by atoms with van der Waals surface area (Å²) < 4.78 is 0. The molecule has 3 N–H and O–H groups in total. The minimum Gasteiger partial charge on any atom is -1.00 e. The van der Waals surface area contributed by atoms with Crippen molar-refractivity contribution in [1.29, 1.82) is 0 Å². The molecule has 0 aliphatic carbocycles. The van der Waals surface area contributed by atoms with E-state index >= 15 is 0 Å². The monoisotopic (exact) mass is 255 g/mol. The van der Waals surface area contributed by atoms with Gasteiger partial charge in [0.2, 0.25) is 0 Å². The van der Waals surface area contributed by atoms with E-state index in [2.05, 4.69) is 37.8 Å². The highest BCUT2D eigenvalue weighted by molar-refractivity contribution is 5.75. The number of halogens is 1. The van der Waals surface area contributed by atoms with Crippen LogP contribution in [0.5, 0.6) is 0 Å². The van der Waals surface area contributed by atoms with E-state index in [-0.39, 0.29) is 23.7 Å². The van der Waals surface area contributed by atoms with Gasteiger partial charge in [0.15, 0.2) is 0 Å². The van der Waals surface area contributed by atoms with Gasteiger partial charge in [-0.15, -0.1) is 0 Å². The van der Waals surface area contributed by atoms with Gasteiger partial charge in [0.25, 0.3) is 0 Å². The largest absolute Gasteiger partial charge is 1.00 e. The molecule has 17 heavy (non-hydrogen) atoms. The molecular weight excluding hydrogens is 234 g/mol. The molecule has 2 nitrogen and oxygen atoms in total. The first-order chi connectivity index (χ1) is 7.38. The molecule has 1 aromatic carbocycles. The summed E-state index contributed by atoms with van der Waals surface area (Å²) in [7, 11) is 0. The molecule has 0 atom stereocenters. The van der Waals surface area contributed by atoms with Crippen LogP contribution in [0.15, 0.2) is 24.3 Å². The van der Waals surface area contributed by atoms with E-state index in [0.717, 1.165) is 12.8 Å². The predicted octanol–water partition coefficient (Wildman–Crippen LogP) is -1.22. The Labute approximate surface area is 110 Å². The molecule has 0 bridgehead atoms. The summed E-state index contributed by atoms with van der Waals surface area (Å²) in [6, 6.07) is 8.35. The van der Waals surface area contributed by atoms with Crippen molar-refractivity contribution in [2.24, 2.45) is 0 Å². The highest BCUT2D eigenvalue weighted by Gasteiger charge is 2.17. The van der Waals surface area contributed by atoms with Crippen LogP contribution in [0.25, 0.3) is 0 Å². The summed E-state index contributed by atoms with van der Waals surface area (Å²) in [6.07, 6.45) is 2.44. The maximum atomic E-state index is 11.0. The van der Waals surface area contributed by atoms with Crippen molar-refractivity contribution in [3.8, 4) is 0 Å². The van der Waals surface area contributed by atoms with Gasteiger partial charge in [-0.3, -0.25) is 0 Å². The van der Waals surface area contributed by atoms with Crippen molar-refractivity contribution in [3.05, 3.63) is 35.4 Å². The van der Waals surface area contributed by atoms with Crippen molar-refractivity contribution in [3.63, 3.8) is 0 Å². The lowest BCUT2D eigenvalue weighted by molar-refractivity contribution is -0.465. The maximum absolute atomic E-state index is 11.0. The second-order valence-corrected chi connectivity index (χ2v) is 5.31. The van der Waals surface area contributed by atoms with Gasteiger partial charge in [-0.1, -0.05) is 24.3 Å². The van der Waals surface area contributed by atoms with E-state index < -0.39 is 0 Å². The number of benzene rings is 1. The molecule has 0 heterocycles.